The van der Waals surface area contributed by atoms with E-state index >= 15 is 0 Å². The van der Waals surface area contributed by atoms with Gasteiger partial charge in [-0.25, -0.2) is 0 Å². The number of carbonyl (C=O) groups is 1. The Morgan fingerprint density at radius 2 is 2.11 bits per heavy atom. The molecule has 1 N–H and O–H groups in total. The highest BCUT2D eigenvalue weighted by Gasteiger charge is 2.13. The van der Waals surface area contributed by atoms with Crippen LogP contribution in [0.15, 0.2) is 24.4 Å². The van der Waals surface area contributed by atoms with Crippen molar-refractivity contribution in [3.05, 3.63) is 30.1 Å². The van der Waals surface area contributed by atoms with Crippen molar-refractivity contribution < 1.29 is 9.90 Å². The highest BCUT2D eigenvalue weighted by molar-refractivity contribution is 5.69. The van der Waals surface area contributed by atoms with Crippen LogP contribution in [0.2, 0.25) is 0 Å². The minimum atomic E-state index is -0.931. The topological polar surface area (TPSA) is 98.2 Å². The summed E-state index contributed by atoms with van der Waals surface area (Å²) in [5, 5.41) is 25.2. The van der Waals surface area contributed by atoms with Gasteiger partial charge in [-0.2, -0.15) is 14.7 Å². The lowest BCUT2D eigenvalue weighted by Crippen LogP contribution is -2.06. The van der Waals surface area contributed by atoms with Crippen LogP contribution in [0.1, 0.15) is 5.69 Å². The quantitative estimate of drug-likeness (QED) is 0.718. The highest BCUT2D eigenvalue weighted by Crippen LogP contribution is 2.15. The van der Waals surface area contributed by atoms with Gasteiger partial charge < -0.3 is 5.11 Å². The number of fused-ring (bicyclic) bond motifs is 1. The standard InChI is InChI=1S/C11H10N6O2/c1-16-5-4-8(15-16)11-13-12-9-3-2-7(6-10(18)19)14-17(9)11/h2-5H,6H2,1H3,(H,18,19). The van der Waals surface area contributed by atoms with E-state index in [2.05, 4.69) is 20.4 Å². The molecule has 0 radical (unpaired) electrons. The largest absolute Gasteiger partial charge is 0.481 e. The van der Waals surface area contributed by atoms with Gasteiger partial charge in [0.1, 0.15) is 5.69 Å². The van der Waals surface area contributed by atoms with E-state index in [0.29, 0.717) is 22.9 Å². The lowest BCUT2D eigenvalue weighted by atomic mass is 10.3. The van der Waals surface area contributed by atoms with Crippen LogP contribution < -0.4 is 0 Å². The average molecular weight is 258 g/mol. The third kappa shape index (κ3) is 2.03. The molecule has 0 unspecified atom stereocenters. The maximum absolute atomic E-state index is 10.7. The number of hydrogen-bond donors (Lipinski definition) is 1. The summed E-state index contributed by atoms with van der Waals surface area (Å²) in [7, 11) is 1.80. The number of carboxylic acid groups (broad SMARTS) is 1. The first kappa shape index (κ1) is 11.3. The van der Waals surface area contributed by atoms with Crippen molar-refractivity contribution in [2.75, 3.05) is 0 Å². The molecule has 8 nitrogen and oxygen atoms in total. The fourth-order valence-corrected chi connectivity index (χ4v) is 1.77. The average Bonchev–Trinajstić information content (AvgIpc) is 2.94. The molecule has 0 saturated carbocycles. The Bertz CT molecular complexity index is 759. The van der Waals surface area contributed by atoms with Crippen molar-refractivity contribution in [2.24, 2.45) is 7.05 Å². The number of aryl methyl sites for hydroxylation is 1. The van der Waals surface area contributed by atoms with E-state index in [4.69, 9.17) is 5.11 Å². The van der Waals surface area contributed by atoms with E-state index in [-0.39, 0.29) is 6.42 Å². The lowest BCUT2D eigenvalue weighted by Gasteiger charge is -1.99. The second kappa shape index (κ2) is 4.16. The Labute approximate surface area is 107 Å². The molecule has 0 fully saturated rings. The van der Waals surface area contributed by atoms with Gasteiger partial charge in [-0.05, 0) is 18.2 Å². The van der Waals surface area contributed by atoms with Gasteiger partial charge in [0.2, 0.25) is 5.82 Å². The van der Waals surface area contributed by atoms with E-state index in [1.54, 1.807) is 36.1 Å². The fourth-order valence-electron chi connectivity index (χ4n) is 1.77. The van der Waals surface area contributed by atoms with Gasteiger partial charge in [0.05, 0.1) is 12.1 Å². The van der Waals surface area contributed by atoms with Crippen LogP contribution in [-0.4, -0.2) is 40.7 Å². The molecule has 96 valence electrons. The van der Waals surface area contributed by atoms with Crippen LogP contribution in [0, 0.1) is 0 Å². The number of aromatic nitrogens is 6. The molecule has 0 aromatic carbocycles. The van der Waals surface area contributed by atoms with Crippen LogP contribution in [0.4, 0.5) is 0 Å². The number of hydrogen-bond acceptors (Lipinski definition) is 5. The summed E-state index contributed by atoms with van der Waals surface area (Å²) < 4.78 is 3.15. The van der Waals surface area contributed by atoms with Gasteiger partial charge in [0, 0.05) is 13.2 Å². The molecule has 0 aliphatic rings. The molecule has 0 saturated heterocycles. The van der Waals surface area contributed by atoms with Crippen molar-refractivity contribution in [2.45, 2.75) is 6.42 Å². The fraction of sp³-hybridized carbons (Fsp3) is 0.182. The van der Waals surface area contributed by atoms with Crippen molar-refractivity contribution in [1.29, 1.82) is 0 Å². The summed E-state index contributed by atoms with van der Waals surface area (Å²) in [5.41, 5.74) is 1.63. The number of nitrogens with zero attached hydrogens (tertiary/aromatic N) is 6. The Balaban J connectivity index is 2.12. The molecular formula is C11H10N6O2. The molecule has 8 heteroatoms. The normalized spacial score (nSPS) is 11.0. The molecule has 0 atom stereocenters. The molecule has 19 heavy (non-hydrogen) atoms. The van der Waals surface area contributed by atoms with Crippen molar-refractivity contribution >= 4 is 11.6 Å². The van der Waals surface area contributed by atoms with E-state index in [9.17, 15) is 4.79 Å². The number of aliphatic carboxylic acids is 1. The minimum absolute atomic E-state index is 0.143. The Morgan fingerprint density at radius 3 is 2.79 bits per heavy atom. The predicted octanol–water partition coefficient (Wildman–Crippen LogP) is 0.152. The molecule has 3 rings (SSSR count). The molecule has 0 amide bonds. The zero-order valence-corrected chi connectivity index (χ0v) is 10.1. The minimum Gasteiger partial charge on any atom is -0.481 e. The van der Waals surface area contributed by atoms with E-state index < -0.39 is 5.97 Å². The summed E-state index contributed by atoms with van der Waals surface area (Å²) in [4.78, 5) is 10.7. The smallest absolute Gasteiger partial charge is 0.309 e. The maximum Gasteiger partial charge on any atom is 0.309 e. The lowest BCUT2D eigenvalue weighted by molar-refractivity contribution is -0.136. The van der Waals surface area contributed by atoms with Crippen LogP contribution in [0.3, 0.4) is 0 Å². The second-order valence-electron chi connectivity index (χ2n) is 4.06. The van der Waals surface area contributed by atoms with Gasteiger partial charge in [-0.3, -0.25) is 9.48 Å². The maximum atomic E-state index is 10.7. The van der Waals surface area contributed by atoms with Crippen molar-refractivity contribution in [3.8, 4) is 11.5 Å². The zero-order valence-electron chi connectivity index (χ0n) is 10.1. The third-order valence-corrected chi connectivity index (χ3v) is 2.59. The first-order valence-corrected chi connectivity index (χ1v) is 5.56. The van der Waals surface area contributed by atoms with Crippen LogP contribution in [0.25, 0.3) is 17.2 Å². The highest BCUT2D eigenvalue weighted by atomic mass is 16.4. The van der Waals surface area contributed by atoms with Crippen LogP contribution in [-0.2, 0) is 18.3 Å². The molecule has 3 aromatic heterocycles. The summed E-state index contributed by atoms with van der Waals surface area (Å²) in [5.74, 6) is -0.442. The Hall–Kier alpha value is -2.77. The van der Waals surface area contributed by atoms with Gasteiger partial charge >= 0.3 is 5.97 Å². The molecule has 0 aliphatic carbocycles. The summed E-state index contributed by atoms with van der Waals surface area (Å²) in [6.45, 7) is 0. The number of carboxylic acids is 1. The first-order valence-electron chi connectivity index (χ1n) is 5.56. The molecule has 0 bridgehead atoms. The van der Waals surface area contributed by atoms with Gasteiger partial charge in [0.25, 0.3) is 0 Å². The monoisotopic (exact) mass is 258 g/mol. The van der Waals surface area contributed by atoms with Gasteiger partial charge in [0.15, 0.2) is 5.65 Å². The Morgan fingerprint density at radius 1 is 1.26 bits per heavy atom. The molecule has 0 spiro atoms. The first-order chi connectivity index (χ1) is 9.13. The van der Waals surface area contributed by atoms with Crippen LogP contribution >= 0.6 is 0 Å². The van der Waals surface area contributed by atoms with E-state index in [1.807, 2.05) is 0 Å². The molecular weight excluding hydrogens is 248 g/mol. The SMILES string of the molecule is Cn1ccc(-c2nnc3ccc(CC(=O)O)nn23)n1. The van der Waals surface area contributed by atoms with Crippen molar-refractivity contribution in [3.63, 3.8) is 0 Å². The van der Waals surface area contributed by atoms with Crippen molar-refractivity contribution in [1.82, 2.24) is 29.6 Å². The van der Waals surface area contributed by atoms with Crippen LogP contribution in [0.5, 0.6) is 0 Å². The summed E-state index contributed by atoms with van der Waals surface area (Å²) in [6.07, 6.45) is 1.65. The zero-order chi connectivity index (χ0) is 13.4. The molecule has 0 aliphatic heterocycles. The third-order valence-electron chi connectivity index (χ3n) is 2.59. The summed E-state index contributed by atoms with van der Waals surface area (Å²) >= 11 is 0. The summed E-state index contributed by atoms with van der Waals surface area (Å²) in [6, 6.07) is 5.10. The number of rotatable bonds is 3. The Kier molecular flexibility index (Phi) is 2.48. The second-order valence-corrected chi connectivity index (χ2v) is 4.06. The van der Waals surface area contributed by atoms with E-state index in [1.165, 1.54) is 4.52 Å². The van der Waals surface area contributed by atoms with Gasteiger partial charge in [-0.15, -0.1) is 10.2 Å². The van der Waals surface area contributed by atoms with E-state index in [0.717, 1.165) is 0 Å². The van der Waals surface area contributed by atoms with Gasteiger partial charge in [-0.1, -0.05) is 0 Å². The predicted molar refractivity (Wildman–Crippen MR) is 64.3 cm³/mol. The molecule has 3 aromatic rings. The molecule has 3 heterocycles.